The molecule has 0 amide bonds. The molecule has 0 aliphatic rings. The van der Waals surface area contributed by atoms with Crippen molar-refractivity contribution in [2.24, 2.45) is 0 Å². The summed E-state index contributed by atoms with van der Waals surface area (Å²) in [6, 6.07) is 7.55. The number of aromatic carboxylic acids is 1. The first kappa shape index (κ1) is 13.9. The van der Waals surface area contributed by atoms with Crippen LogP contribution in [-0.2, 0) is 0 Å². The number of pyridine rings is 1. The Morgan fingerprint density at radius 2 is 2.00 bits per heavy atom. The van der Waals surface area contributed by atoms with E-state index < -0.39 is 5.97 Å². The highest BCUT2D eigenvalue weighted by Crippen LogP contribution is 2.27. The molecule has 0 aliphatic carbocycles. The highest BCUT2D eigenvalue weighted by Gasteiger charge is 2.14. The quantitative estimate of drug-likeness (QED) is 0.897. The monoisotopic (exact) mass is 271 g/mol. The zero-order valence-electron chi connectivity index (χ0n) is 11.7. The zero-order chi connectivity index (χ0) is 14.9. The number of hydrogen-bond acceptors (Lipinski definition) is 4. The van der Waals surface area contributed by atoms with Gasteiger partial charge >= 0.3 is 5.97 Å². The molecule has 0 saturated heterocycles. The van der Waals surface area contributed by atoms with Crippen molar-refractivity contribution in [2.75, 3.05) is 17.7 Å². The van der Waals surface area contributed by atoms with E-state index in [1.165, 1.54) is 17.8 Å². The molecule has 1 aromatic heterocycles. The normalized spacial score (nSPS) is 10.3. The summed E-state index contributed by atoms with van der Waals surface area (Å²) in [6.07, 6.45) is 1.37. The molecule has 0 atom stereocenters. The molecule has 2 rings (SSSR count). The molecule has 2 aromatic rings. The van der Waals surface area contributed by atoms with Crippen LogP contribution in [0, 0.1) is 13.8 Å². The number of carbonyl (C=O) groups is 1. The number of hydrogen-bond donors (Lipinski definition) is 2. The first-order valence-electron chi connectivity index (χ1n) is 6.20. The van der Waals surface area contributed by atoms with E-state index in [0.717, 1.165) is 11.3 Å². The molecule has 1 heterocycles. The van der Waals surface area contributed by atoms with Crippen LogP contribution in [0.3, 0.4) is 0 Å². The van der Waals surface area contributed by atoms with Crippen molar-refractivity contribution in [3.63, 3.8) is 0 Å². The van der Waals surface area contributed by atoms with Gasteiger partial charge in [-0.2, -0.15) is 0 Å². The molecule has 0 saturated carbocycles. The topological polar surface area (TPSA) is 79.5 Å². The van der Waals surface area contributed by atoms with Crippen LogP contribution < -0.4 is 10.6 Å². The summed E-state index contributed by atoms with van der Waals surface area (Å²) in [5.74, 6) is -0.510. The van der Waals surface area contributed by atoms with E-state index in [9.17, 15) is 4.79 Å². The lowest BCUT2D eigenvalue weighted by atomic mass is 10.1. The van der Waals surface area contributed by atoms with Crippen molar-refractivity contribution in [2.45, 2.75) is 13.8 Å². The number of carboxylic acids is 1. The second-order valence-electron chi connectivity index (χ2n) is 4.78. The van der Waals surface area contributed by atoms with Crippen LogP contribution in [0.2, 0.25) is 0 Å². The molecule has 104 valence electrons. The molecule has 5 heteroatoms. The summed E-state index contributed by atoms with van der Waals surface area (Å²) in [5, 5.41) is 9.11. The van der Waals surface area contributed by atoms with Crippen molar-refractivity contribution in [1.29, 1.82) is 0 Å². The third-order valence-corrected chi connectivity index (χ3v) is 3.21. The molecule has 0 unspecified atom stereocenters. The van der Waals surface area contributed by atoms with Gasteiger partial charge in [-0.05, 0) is 31.5 Å². The Morgan fingerprint density at radius 3 is 2.60 bits per heavy atom. The molecule has 0 fully saturated rings. The van der Waals surface area contributed by atoms with E-state index in [0.29, 0.717) is 5.82 Å². The van der Waals surface area contributed by atoms with Crippen LogP contribution in [0.4, 0.5) is 17.2 Å². The maximum absolute atomic E-state index is 11.1. The third-order valence-electron chi connectivity index (χ3n) is 3.21. The Morgan fingerprint density at radius 1 is 1.30 bits per heavy atom. The summed E-state index contributed by atoms with van der Waals surface area (Å²) >= 11 is 0. The van der Waals surface area contributed by atoms with E-state index in [1.807, 2.05) is 37.9 Å². The van der Waals surface area contributed by atoms with Gasteiger partial charge in [-0.3, -0.25) is 0 Å². The molecule has 0 aliphatic heterocycles. The van der Waals surface area contributed by atoms with Gasteiger partial charge in [0.25, 0.3) is 0 Å². The average Bonchev–Trinajstić information content (AvgIpc) is 2.38. The highest BCUT2D eigenvalue weighted by atomic mass is 16.4. The summed E-state index contributed by atoms with van der Waals surface area (Å²) in [6.45, 7) is 4.04. The number of benzene rings is 1. The largest absolute Gasteiger partial charge is 0.478 e. The first-order chi connectivity index (χ1) is 9.40. The van der Waals surface area contributed by atoms with Crippen molar-refractivity contribution < 1.29 is 9.90 Å². The van der Waals surface area contributed by atoms with Gasteiger partial charge < -0.3 is 15.7 Å². The highest BCUT2D eigenvalue weighted by molar-refractivity contribution is 5.94. The molecular formula is C15H17N3O2. The van der Waals surface area contributed by atoms with Gasteiger partial charge in [-0.15, -0.1) is 0 Å². The molecule has 0 bridgehead atoms. The maximum atomic E-state index is 11.1. The minimum absolute atomic E-state index is 0.0617. The Balaban J connectivity index is 2.45. The van der Waals surface area contributed by atoms with Gasteiger partial charge in [0, 0.05) is 12.7 Å². The molecular weight excluding hydrogens is 254 g/mol. The number of anilines is 3. The number of nitrogen functional groups attached to an aromatic ring is 1. The Hall–Kier alpha value is -2.56. The van der Waals surface area contributed by atoms with Crippen LogP contribution in [0.25, 0.3) is 0 Å². The number of rotatable bonds is 3. The Bertz CT molecular complexity index is 668. The lowest BCUT2D eigenvalue weighted by Gasteiger charge is -2.21. The summed E-state index contributed by atoms with van der Waals surface area (Å²) < 4.78 is 0. The molecule has 0 radical (unpaired) electrons. The van der Waals surface area contributed by atoms with Crippen molar-refractivity contribution in [3.05, 3.63) is 47.2 Å². The summed E-state index contributed by atoms with van der Waals surface area (Å²) in [4.78, 5) is 17.2. The van der Waals surface area contributed by atoms with Gasteiger partial charge in [-0.25, -0.2) is 9.78 Å². The Kier molecular flexibility index (Phi) is 3.61. The van der Waals surface area contributed by atoms with Crippen LogP contribution >= 0.6 is 0 Å². The van der Waals surface area contributed by atoms with E-state index in [4.69, 9.17) is 10.8 Å². The lowest BCUT2D eigenvalue weighted by Crippen LogP contribution is -2.14. The van der Waals surface area contributed by atoms with E-state index in [-0.39, 0.29) is 11.3 Å². The van der Waals surface area contributed by atoms with Crippen molar-refractivity contribution in [3.8, 4) is 0 Å². The second kappa shape index (κ2) is 5.21. The number of nitrogens with zero attached hydrogens (tertiary/aromatic N) is 2. The van der Waals surface area contributed by atoms with Crippen molar-refractivity contribution >= 4 is 23.2 Å². The molecule has 3 N–H and O–H groups in total. The van der Waals surface area contributed by atoms with Crippen molar-refractivity contribution in [1.82, 2.24) is 4.98 Å². The van der Waals surface area contributed by atoms with Gasteiger partial charge in [0.2, 0.25) is 0 Å². The summed E-state index contributed by atoms with van der Waals surface area (Å²) in [5.41, 5.74) is 9.09. The standard InChI is InChI=1S/C15H17N3O2/c1-9-4-5-13(10(2)6-9)18(3)14-7-11(15(19)20)12(16)8-17-14/h4-8H,16H2,1-3H3,(H,19,20). The van der Waals surface area contributed by atoms with E-state index in [2.05, 4.69) is 11.1 Å². The van der Waals surface area contributed by atoms with Gasteiger partial charge in [0.15, 0.2) is 0 Å². The third kappa shape index (κ3) is 2.56. The fourth-order valence-corrected chi connectivity index (χ4v) is 2.13. The zero-order valence-corrected chi connectivity index (χ0v) is 11.7. The molecule has 0 spiro atoms. The number of aryl methyl sites for hydroxylation is 2. The minimum Gasteiger partial charge on any atom is -0.478 e. The smallest absolute Gasteiger partial charge is 0.337 e. The predicted octanol–water partition coefficient (Wildman–Crippen LogP) is 2.75. The molecule has 20 heavy (non-hydrogen) atoms. The molecule has 5 nitrogen and oxygen atoms in total. The van der Waals surface area contributed by atoms with E-state index in [1.54, 1.807) is 0 Å². The van der Waals surface area contributed by atoms with Crippen LogP contribution in [-0.4, -0.2) is 23.1 Å². The number of carboxylic acid groups (broad SMARTS) is 1. The Labute approximate surface area is 117 Å². The number of nitrogens with two attached hydrogens (primary N) is 1. The van der Waals surface area contributed by atoms with E-state index >= 15 is 0 Å². The van der Waals surface area contributed by atoms with Crippen LogP contribution in [0.15, 0.2) is 30.5 Å². The fraction of sp³-hybridized carbons (Fsp3) is 0.200. The van der Waals surface area contributed by atoms with Crippen LogP contribution in [0.5, 0.6) is 0 Å². The summed E-state index contributed by atoms with van der Waals surface area (Å²) in [7, 11) is 1.85. The second-order valence-corrected chi connectivity index (χ2v) is 4.78. The van der Waals surface area contributed by atoms with Gasteiger partial charge in [0.05, 0.1) is 17.4 Å². The number of aromatic nitrogens is 1. The lowest BCUT2D eigenvalue weighted by molar-refractivity contribution is 0.0698. The fourth-order valence-electron chi connectivity index (χ4n) is 2.13. The first-order valence-corrected chi connectivity index (χ1v) is 6.20. The molecule has 1 aromatic carbocycles. The maximum Gasteiger partial charge on any atom is 0.337 e. The minimum atomic E-state index is -1.06. The van der Waals surface area contributed by atoms with Gasteiger partial charge in [0.1, 0.15) is 5.82 Å². The average molecular weight is 271 g/mol. The predicted molar refractivity (Wildman–Crippen MR) is 79.6 cm³/mol. The van der Waals surface area contributed by atoms with Crippen LogP contribution in [0.1, 0.15) is 21.5 Å². The van der Waals surface area contributed by atoms with Gasteiger partial charge in [-0.1, -0.05) is 17.7 Å². The SMILES string of the molecule is Cc1ccc(N(C)c2cc(C(=O)O)c(N)cn2)c(C)c1.